The van der Waals surface area contributed by atoms with E-state index in [0.29, 0.717) is 12.6 Å². The molecule has 0 radical (unpaired) electrons. The number of rotatable bonds is 9. The van der Waals surface area contributed by atoms with E-state index in [9.17, 15) is 0 Å². The molecule has 0 bridgehead atoms. The van der Waals surface area contributed by atoms with Gasteiger partial charge >= 0.3 is 0 Å². The zero-order valence-electron chi connectivity index (χ0n) is 8.88. The van der Waals surface area contributed by atoms with Crippen molar-refractivity contribution in [2.24, 2.45) is 0 Å². The summed E-state index contributed by atoms with van der Waals surface area (Å²) in [6.45, 7) is 5.74. The second-order valence-corrected chi connectivity index (χ2v) is 4.52. The van der Waals surface area contributed by atoms with Crippen molar-refractivity contribution >= 4 is 11.8 Å². The van der Waals surface area contributed by atoms with Gasteiger partial charge in [0, 0.05) is 12.6 Å². The standard InChI is InChI=1S/C10H23NOS/c1-3-10(6-8-12)11-7-5-9-13-4-2/h10-12H,3-9H2,1-2H3. The molecule has 0 aliphatic heterocycles. The molecule has 3 heteroatoms. The molecule has 0 amide bonds. The van der Waals surface area contributed by atoms with Crippen molar-refractivity contribution in [2.45, 2.75) is 39.2 Å². The zero-order chi connectivity index (χ0) is 9.94. The van der Waals surface area contributed by atoms with Crippen molar-refractivity contribution in [3.63, 3.8) is 0 Å². The molecule has 0 saturated carbocycles. The number of aliphatic hydroxyl groups is 1. The Kier molecular flexibility index (Phi) is 10.6. The minimum atomic E-state index is 0.301. The van der Waals surface area contributed by atoms with Gasteiger partial charge in [0.2, 0.25) is 0 Å². The number of nitrogens with one attached hydrogen (secondary N) is 1. The number of aliphatic hydroxyl groups excluding tert-OH is 1. The summed E-state index contributed by atoms with van der Waals surface area (Å²) in [6.07, 6.45) is 3.24. The molecule has 0 heterocycles. The SMILES string of the molecule is CCSCCCNC(CC)CCO. The summed E-state index contributed by atoms with van der Waals surface area (Å²) in [5.41, 5.74) is 0. The molecule has 0 spiro atoms. The Hall–Kier alpha value is 0.270. The molecular weight excluding hydrogens is 182 g/mol. The van der Waals surface area contributed by atoms with Gasteiger partial charge in [-0.05, 0) is 37.3 Å². The van der Waals surface area contributed by atoms with Gasteiger partial charge in [-0.15, -0.1) is 0 Å². The second kappa shape index (κ2) is 10.4. The summed E-state index contributed by atoms with van der Waals surface area (Å²) in [4.78, 5) is 0. The lowest BCUT2D eigenvalue weighted by Gasteiger charge is -2.15. The highest BCUT2D eigenvalue weighted by Crippen LogP contribution is 2.01. The van der Waals surface area contributed by atoms with Crippen LogP contribution in [-0.4, -0.2) is 35.8 Å². The zero-order valence-corrected chi connectivity index (χ0v) is 9.70. The van der Waals surface area contributed by atoms with Crippen LogP contribution in [0.2, 0.25) is 0 Å². The molecule has 2 nitrogen and oxygen atoms in total. The predicted molar refractivity (Wildman–Crippen MR) is 61.4 cm³/mol. The van der Waals surface area contributed by atoms with Gasteiger partial charge in [-0.2, -0.15) is 11.8 Å². The molecule has 0 saturated heterocycles. The fraction of sp³-hybridized carbons (Fsp3) is 1.00. The minimum absolute atomic E-state index is 0.301. The lowest BCUT2D eigenvalue weighted by molar-refractivity contribution is 0.262. The van der Waals surface area contributed by atoms with E-state index in [1.807, 2.05) is 11.8 Å². The maximum Gasteiger partial charge on any atom is 0.0445 e. The van der Waals surface area contributed by atoms with Crippen LogP contribution in [0, 0.1) is 0 Å². The van der Waals surface area contributed by atoms with Crippen molar-refractivity contribution in [1.29, 1.82) is 0 Å². The number of hydrogen-bond donors (Lipinski definition) is 2. The van der Waals surface area contributed by atoms with E-state index in [0.717, 1.165) is 19.4 Å². The summed E-state index contributed by atoms with van der Waals surface area (Å²) in [7, 11) is 0. The molecule has 2 N–H and O–H groups in total. The van der Waals surface area contributed by atoms with E-state index >= 15 is 0 Å². The van der Waals surface area contributed by atoms with Gasteiger partial charge in [0.15, 0.2) is 0 Å². The Balaban J connectivity index is 3.17. The van der Waals surface area contributed by atoms with E-state index in [4.69, 9.17) is 5.11 Å². The molecule has 13 heavy (non-hydrogen) atoms. The molecule has 0 aliphatic carbocycles. The molecule has 80 valence electrons. The molecule has 0 aromatic heterocycles. The van der Waals surface area contributed by atoms with Crippen molar-refractivity contribution in [3.8, 4) is 0 Å². The van der Waals surface area contributed by atoms with Gasteiger partial charge in [-0.1, -0.05) is 13.8 Å². The van der Waals surface area contributed by atoms with Crippen molar-refractivity contribution in [3.05, 3.63) is 0 Å². The van der Waals surface area contributed by atoms with Crippen LogP contribution in [0.5, 0.6) is 0 Å². The number of hydrogen-bond acceptors (Lipinski definition) is 3. The van der Waals surface area contributed by atoms with Gasteiger partial charge in [-0.3, -0.25) is 0 Å². The van der Waals surface area contributed by atoms with E-state index in [1.54, 1.807) is 0 Å². The maximum absolute atomic E-state index is 8.76. The van der Waals surface area contributed by atoms with E-state index in [1.165, 1.54) is 17.9 Å². The molecule has 0 rings (SSSR count). The summed E-state index contributed by atoms with van der Waals surface area (Å²) < 4.78 is 0. The largest absolute Gasteiger partial charge is 0.396 e. The first-order valence-corrected chi connectivity index (χ1v) is 6.42. The van der Waals surface area contributed by atoms with Crippen LogP contribution in [0.25, 0.3) is 0 Å². The molecule has 0 aliphatic rings. The average Bonchev–Trinajstić information content (AvgIpc) is 2.16. The Morgan fingerprint density at radius 1 is 1.38 bits per heavy atom. The lowest BCUT2D eigenvalue weighted by Crippen LogP contribution is -2.30. The first-order chi connectivity index (χ1) is 6.35. The van der Waals surface area contributed by atoms with Gasteiger partial charge < -0.3 is 10.4 Å². The summed E-state index contributed by atoms with van der Waals surface area (Å²) in [5, 5.41) is 12.2. The number of thioether (sulfide) groups is 1. The van der Waals surface area contributed by atoms with E-state index < -0.39 is 0 Å². The van der Waals surface area contributed by atoms with Gasteiger partial charge in [-0.25, -0.2) is 0 Å². The van der Waals surface area contributed by atoms with Crippen molar-refractivity contribution in [2.75, 3.05) is 24.7 Å². The summed E-state index contributed by atoms with van der Waals surface area (Å²) in [6, 6.07) is 0.511. The third-order valence-corrected chi connectivity index (χ3v) is 3.06. The fourth-order valence-corrected chi connectivity index (χ4v) is 1.87. The van der Waals surface area contributed by atoms with Crippen molar-refractivity contribution in [1.82, 2.24) is 5.32 Å². The third kappa shape index (κ3) is 8.60. The van der Waals surface area contributed by atoms with Gasteiger partial charge in [0.1, 0.15) is 0 Å². The van der Waals surface area contributed by atoms with E-state index in [2.05, 4.69) is 19.2 Å². The van der Waals surface area contributed by atoms with Crippen LogP contribution in [0.15, 0.2) is 0 Å². The highest BCUT2D eigenvalue weighted by Gasteiger charge is 2.02. The predicted octanol–water partition coefficient (Wildman–Crippen LogP) is 1.88. The molecule has 0 fully saturated rings. The fourth-order valence-electron chi connectivity index (χ4n) is 1.23. The topological polar surface area (TPSA) is 32.3 Å². The Labute approximate surface area is 86.5 Å². The molecular formula is C10H23NOS. The maximum atomic E-state index is 8.76. The second-order valence-electron chi connectivity index (χ2n) is 3.12. The van der Waals surface area contributed by atoms with Gasteiger partial charge in [0.05, 0.1) is 0 Å². The van der Waals surface area contributed by atoms with Crippen molar-refractivity contribution < 1.29 is 5.11 Å². The van der Waals surface area contributed by atoms with Crippen LogP contribution in [0.3, 0.4) is 0 Å². The molecule has 0 aromatic carbocycles. The summed E-state index contributed by atoms with van der Waals surface area (Å²) in [5.74, 6) is 2.47. The Morgan fingerprint density at radius 2 is 2.15 bits per heavy atom. The smallest absolute Gasteiger partial charge is 0.0445 e. The molecule has 0 aromatic rings. The lowest BCUT2D eigenvalue weighted by atomic mass is 10.1. The van der Waals surface area contributed by atoms with Crippen LogP contribution in [-0.2, 0) is 0 Å². The quantitative estimate of drug-likeness (QED) is 0.564. The van der Waals surface area contributed by atoms with Crippen LogP contribution < -0.4 is 5.32 Å². The Bertz CT molecular complexity index is 101. The minimum Gasteiger partial charge on any atom is -0.396 e. The first kappa shape index (κ1) is 13.3. The first-order valence-electron chi connectivity index (χ1n) is 5.27. The highest BCUT2D eigenvalue weighted by molar-refractivity contribution is 7.99. The Morgan fingerprint density at radius 3 is 2.69 bits per heavy atom. The van der Waals surface area contributed by atoms with E-state index in [-0.39, 0.29) is 0 Å². The summed E-state index contributed by atoms with van der Waals surface area (Å²) >= 11 is 1.99. The van der Waals surface area contributed by atoms with Crippen LogP contribution in [0.4, 0.5) is 0 Å². The van der Waals surface area contributed by atoms with Crippen LogP contribution >= 0.6 is 11.8 Å². The molecule has 1 unspecified atom stereocenters. The highest BCUT2D eigenvalue weighted by atomic mass is 32.2. The van der Waals surface area contributed by atoms with Crippen LogP contribution in [0.1, 0.15) is 33.1 Å². The average molecular weight is 205 g/mol. The third-order valence-electron chi connectivity index (χ3n) is 2.07. The molecule has 1 atom stereocenters. The monoisotopic (exact) mass is 205 g/mol. The normalized spacial score (nSPS) is 13.2. The van der Waals surface area contributed by atoms with Gasteiger partial charge in [0.25, 0.3) is 0 Å².